The molecule has 0 aliphatic rings. The second-order valence-electron chi connectivity index (χ2n) is 4.71. The fraction of sp³-hybridized carbons (Fsp3) is 0.312. The predicted octanol–water partition coefficient (Wildman–Crippen LogP) is 2.73. The van der Waals surface area contributed by atoms with Crippen LogP contribution < -0.4 is 10.2 Å². The third kappa shape index (κ3) is 3.88. The van der Waals surface area contributed by atoms with Gasteiger partial charge in [-0.05, 0) is 43.7 Å². The Morgan fingerprint density at radius 2 is 2.15 bits per heavy atom. The summed E-state index contributed by atoms with van der Waals surface area (Å²) < 4.78 is 5.19. The van der Waals surface area contributed by atoms with Crippen molar-refractivity contribution in [1.29, 1.82) is 0 Å². The molecule has 0 unspecified atom stereocenters. The molecule has 0 spiro atoms. The number of carbonyl (C=O) groups excluding carboxylic acids is 1. The van der Waals surface area contributed by atoms with Crippen molar-refractivity contribution in [3.05, 3.63) is 54.0 Å². The van der Waals surface area contributed by atoms with E-state index in [1.165, 1.54) is 5.56 Å². The minimum absolute atomic E-state index is 0.00949. The van der Waals surface area contributed by atoms with E-state index in [1.807, 2.05) is 49.1 Å². The quantitative estimate of drug-likeness (QED) is 0.879. The van der Waals surface area contributed by atoms with E-state index in [2.05, 4.69) is 11.4 Å². The topological polar surface area (TPSA) is 45.5 Å². The lowest BCUT2D eigenvalue weighted by Crippen LogP contribution is -2.36. The second-order valence-corrected chi connectivity index (χ2v) is 4.71. The van der Waals surface area contributed by atoms with Crippen LogP contribution in [0.1, 0.15) is 18.2 Å². The second kappa shape index (κ2) is 6.80. The molecule has 1 amide bonds. The molecular weight excluding hydrogens is 252 g/mol. The molecule has 1 aromatic heterocycles. The molecule has 0 aliphatic heterocycles. The summed E-state index contributed by atoms with van der Waals surface area (Å²) in [5.74, 6) is 0.752. The van der Waals surface area contributed by atoms with Crippen LogP contribution in [0.4, 0.5) is 5.69 Å². The number of anilines is 1. The summed E-state index contributed by atoms with van der Waals surface area (Å²) in [6.07, 6.45) is 1.60. The molecule has 20 heavy (non-hydrogen) atoms. The van der Waals surface area contributed by atoms with Gasteiger partial charge in [0.15, 0.2) is 0 Å². The fourth-order valence-electron chi connectivity index (χ4n) is 2.04. The number of hydrogen-bond acceptors (Lipinski definition) is 3. The van der Waals surface area contributed by atoms with E-state index in [4.69, 9.17) is 4.42 Å². The van der Waals surface area contributed by atoms with E-state index < -0.39 is 0 Å². The molecule has 0 saturated carbocycles. The molecule has 2 aromatic rings. The molecule has 4 nitrogen and oxygen atoms in total. The van der Waals surface area contributed by atoms with Crippen LogP contribution in [-0.2, 0) is 11.3 Å². The highest BCUT2D eigenvalue weighted by molar-refractivity contribution is 5.81. The highest BCUT2D eigenvalue weighted by Gasteiger charge is 2.10. The molecular formula is C16H20N2O2. The van der Waals surface area contributed by atoms with Gasteiger partial charge in [0.2, 0.25) is 5.91 Å². The molecule has 0 radical (unpaired) electrons. The highest BCUT2D eigenvalue weighted by atomic mass is 16.3. The molecule has 4 heteroatoms. The first kappa shape index (κ1) is 14.2. The van der Waals surface area contributed by atoms with Crippen molar-refractivity contribution in [1.82, 2.24) is 5.32 Å². The number of nitrogens with one attached hydrogen (secondary N) is 1. The van der Waals surface area contributed by atoms with Crippen LogP contribution >= 0.6 is 0 Å². The van der Waals surface area contributed by atoms with E-state index in [-0.39, 0.29) is 5.91 Å². The Bertz CT molecular complexity index is 549. The van der Waals surface area contributed by atoms with Crippen molar-refractivity contribution < 1.29 is 9.21 Å². The van der Waals surface area contributed by atoms with Crippen molar-refractivity contribution in [3.8, 4) is 0 Å². The minimum Gasteiger partial charge on any atom is -0.467 e. The van der Waals surface area contributed by atoms with Crippen molar-refractivity contribution in [2.24, 2.45) is 0 Å². The van der Waals surface area contributed by atoms with Crippen molar-refractivity contribution >= 4 is 11.6 Å². The number of likely N-dealkylation sites (N-methyl/N-ethyl adjacent to an activating group) is 1. The number of aryl methyl sites for hydroxylation is 1. The van der Waals surface area contributed by atoms with E-state index in [1.54, 1.807) is 6.26 Å². The van der Waals surface area contributed by atoms with Gasteiger partial charge in [-0.2, -0.15) is 0 Å². The SMILES string of the molecule is CCN(CC(=O)NCc1ccco1)c1cccc(C)c1. The Hall–Kier alpha value is -2.23. The fourth-order valence-corrected chi connectivity index (χ4v) is 2.04. The molecule has 0 aliphatic carbocycles. The average molecular weight is 272 g/mol. The lowest BCUT2D eigenvalue weighted by molar-refractivity contribution is -0.120. The number of hydrogen-bond donors (Lipinski definition) is 1. The summed E-state index contributed by atoms with van der Waals surface area (Å²) in [7, 11) is 0. The normalized spacial score (nSPS) is 10.3. The van der Waals surface area contributed by atoms with Gasteiger partial charge in [-0.25, -0.2) is 0 Å². The number of furan rings is 1. The van der Waals surface area contributed by atoms with E-state index in [0.717, 1.165) is 18.0 Å². The van der Waals surface area contributed by atoms with E-state index in [9.17, 15) is 4.79 Å². The third-order valence-corrected chi connectivity index (χ3v) is 3.12. The average Bonchev–Trinajstić information content (AvgIpc) is 2.96. The van der Waals surface area contributed by atoms with Gasteiger partial charge >= 0.3 is 0 Å². The smallest absolute Gasteiger partial charge is 0.239 e. The number of benzene rings is 1. The summed E-state index contributed by atoms with van der Waals surface area (Å²) in [6.45, 7) is 5.66. The summed E-state index contributed by atoms with van der Waals surface area (Å²) in [6, 6.07) is 11.8. The summed E-state index contributed by atoms with van der Waals surface area (Å²) in [4.78, 5) is 14.0. The Morgan fingerprint density at radius 3 is 2.80 bits per heavy atom. The Kier molecular flexibility index (Phi) is 4.82. The number of amides is 1. The van der Waals surface area contributed by atoms with Crippen LogP contribution in [0.2, 0.25) is 0 Å². The summed E-state index contributed by atoms with van der Waals surface area (Å²) in [5, 5.41) is 2.86. The number of rotatable bonds is 6. The van der Waals surface area contributed by atoms with Crippen LogP contribution in [0.25, 0.3) is 0 Å². The molecule has 0 bridgehead atoms. The van der Waals surface area contributed by atoms with E-state index in [0.29, 0.717) is 13.1 Å². The van der Waals surface area contributed by atoms with Crippen molar-refractivity contribution in [3.63, 3.8) is 0 Å². The Labute approximate surface area is 119 Å². The largest absolute Gasteiger partial charge is 0.467 e. The zero-order valence-corrected chi connectivity index (χ0v) is 11.9. The predicted molar refractivity (Wildman–Crippen MR) is 79.6 cm³/mol. The molecule has 0 atom stereocenters. The first-order valence-corrected chi connectivity index (χ1v) is 6.79. The standard InChI is InChI=1S/C16H20N2O2/c1-3-18(14-7-4-6-13(2)10-14)12-16(19)17-11-15-8-5-9-20-15/h4-10H,3,11-12H2,1-2H3,(H,17,19). The van der Waals surface area contributed by atoms with Gasteiger partial charge in [-0.15, -0.1) is 0 Å². The van der Waals surface area contributed by atoms with Crippen LogP contribution in [-0.4, -0.2) is 19.0 Å². The monoisotopic (exact) mass is 272 g/mol. The Morgan fingerprint density at radius 1 is 1.30 bits per heavy atom. The number of nitrogens with zero attached hydrogens (tertiary/aromatic N) is 1. The van der Waals surface area contributed by atoms with Gasteiger partial charge in [0.25, 0.3) is 0 Å². The molecule has 1 N–H and O–H groups in total. The highest BCUT2D eigenvalue weighted by Crippen LogP contribution is 2.15. The molecule has 0 saturated heterocycles. The van der Waals surface area contributed by atoms with Gasteiger partial charge in [-0.3, -0.25) is 4.79 Å². The first-order valence-electron chi connectivity index (χ1n) is 6.79. The van der Waals surface area contributed by atoms with Gasteiger partial charge in [-0.1, -0.05) is 12.1 Å². The molecule has 1 heterocycles. The lowest BCUT2D eigenvalue weighted by atomic mass is 10.2. The van der Waals surface area contributed by atoms with Crippen LogP contribution in [0, 0.1) is 6.92 Å². The van der Waals surface area contributed by atoms with Gasteiger partial charge in [0, 0.05) is 12.2 Å². The lowest BCUT2D eigenvalue weighted by Gasteiger charge is -2.22. The minimum atomic E-state index is -0.00949. The summed E-state index contributed by atoms with van der Waals surface area (Å²) in [5.41, 5.74) is 2.26. The van der Waals surface area contributed by atoms with Crippen LogP contribution in [0.15, 0.2) is 47.1 Å². The zero-order valence-electron chi connectivity index (χ0n) is 11.9. The van der Waals surface area contributed by atoms with Gasteiger partial charge < -0.3 is 14.6 Å². The van der Waals surface area contributed by atoms with Crippen molar-refractivity contribution in [2.75, 3.05) is 18.0 Å². The third-order valence-electron chi connectivity index (χ3n) is 3.12. The summed E-state index contributed by atoms with van der Waals surface area (Å²) >= 11 is 0. The van der Waals surface area contributed by atoms with Crippen LogP contribution in [0.3, 0.4) is 0 Å². The van der Waals surface area contributed by atoms with Crippen molar-refractivity contribution in [2.45, 2.75) is 20.4 Å². The van der Waals surface area contributed by atoms with Gasteiger partial charge in [0.05, 0.1) is 19.4 Å². The first-order chi connectivity index (χ1) is 9.69. The van der Waals surface area contributed by atoms with E-state index >= 15 is 0 Å². The van der Waals surface area contributed by atoms with Crippen LogP contribution in [0.5, 0.6) is 0 Å². The maximum absolute atomic E-state index is 12.0. The van der Waals surface area contributed by atoms with Gasteiger partial charge in [0.1, 0.15) is 5.76 Å². The molecule has 2 rings (SSSR count). The zero-order chi connectivity index (χ0) is 14.4. The molecule has 106 valence electrons. The molecule has 1 aromatic carbocycles. The maximum atomic E-state index is 12.0. The Balaban J connectivity index is 1.91. The molecule has 0 fully saturated rings. The maximum Gasteiger partial charge on any atom is 0.239 e. The number of carbonyl (C=O) groups is 1.